The molecule has 0 spiro atoms. The van der Waals surface area contributed by atoms with Gasteiger partial charge in [-0.2, -0.15) is 0 Å². The summed E-state index contributed by atoms with van der Waals surface area (Å²) in [5.74, 6) is 0.403. The van der Waals surface area contributed by atoms with Crippen LogP contribution in [0, 0.1) is 6.92 Å². The molecule has 0 unspecified atom stereocenters. The van der Waals surface area contributed by atoms with Gasteiger partial charge in [0, 0.05) is 10.7 Å². The number of benzene rings is 1. The van der Waals surface area contributed by atoms with E-state index < -0.39 is 0 Å². The third-order valence-electron chi connectivity index (χ3n) is 2.65. The van der Waals surface area contributed by atoms with Gasteiger partial charge in [0.2, 0.25) is 0 Å². The summed E-state index contributed by atoms with van der Waals surface area (Å²) >= 11 is 3.29. The highest BCUT2D eigenvalue weighted by molar-refractivity contribution is 9.10. The first kappa shape index (κ1) is 14.5. The molecule has 1 amide bonds. The molecule has 0 atom stereocenters. The van der Waals surface area contributed by atoms with Gasteiger partial charge in [0.25, 0.3) is 5.91 Å². The van der Waals surface area contributed by atoms with E-state index in [1.807, 2.05) is 32.0 Å². The minimum atomic E-state index is -0.262. The minimum absolute atomic E-state index is 0.262. The Morgan fingerprint density at radius 2 is 2.15 bits per heavy atom. The summed E-state index contributed by atoms with van der Waals surface area (Å²) in [5.41, 5.74) is 2.08. The second kappa shape index (κ2) is 6.52. The fourth-order valence-electron chi connectivity index (χ4n) is 1.70. The number of carbonyl (C=O) groups excluding carboxylic acids is 1. The Balaban J connectivity index is 2.21. The number of rotatable bonds is 4. The average molecular weight is 335 g/mol. The number of hydrogen-bond donors (Lipinski definition) is 1. The van der Waals surface area contributed by atoms with E-state index in [4.69, 9.17) is 4.74 Å². The van der Waals surface area contributed by atoms with E-state index in [1.165, 1.54) is 0 Å². The molecule has 0 saturated carbocycles. The maximum absolute atomic E-state index is 12.1. The molecular weight excluding hydrogens is 320 g/mol. The Morgan fingerprint density at radius 3 is 2.80 bits per heavy atom. The van der Waals surface area contributed by atoms with Crippen LogP contribution in [-0.2, 0) is 0 Å². The maximum Gasteiger partial charge on any atom is 0.274 e. The molecule has 0 aliphatic heterocycles. The SMILES string of the molecule is CCOc1cc(C)ccc1NC(=O)c1ccc(Br)cn1. The van der Waals surface area contributed by atoms with Crippen LogP contribution in [0.4, 0.5) is 5.69 Å². The molecule has 0 aliphatic rings. The summed E-state index contributed by atoms with van der Waals surface area (Å²) in [7, 11) is 0. The fourth-order valence-corrected chi connectivity index (χ4v) is 1.94. The van der Waals surface area contributed by atoms with Gasteiger partial charge in [-0.15, -0.1) is 0 Å². The van der Waals surface area contributed by atoms with Gasteiger partial charge in [-0.05, 0) is 59.6 Å². The van der Waals surface area contributed by atoms with Gasteiger partial charge in [0.1, 0.15) is 11.4 Å². The predicted octanol–water partition coefficient (Wildman–Crippen LogP) is 3.80. The number of halogens is 1. The molecule has 0 fully saturated rings. The van der Waals surface area contributed by atoms with Crippen LogP contribution in [0.15, 0.2) is 41.0 Å². The van der Waals surface area contributed by atoms with Gasteiger partial charge in [0.15, 0.2) is 0 Å². The van der Waals surface area contributed by atoms with E-state index in [2.05, 4.69) is 26.2 Å². The molecule has 1 aromatic heterocycles. The topological polar surface area (TPSA) is 51.2 Å². The van der Waals surface area contributed by atoms with Gasteiger partial charge in [-0.25, -0.2) is 4.98 Å². The summed E-state index contributed by atoms with van der Waals surface area (Å²) < 4.78 is 6.36. The van der Waals surface area contributed by atoms with E-state index >= 15 is 0 Å². The number of anilines is 1. The minimum Gasteiger partial charge on any atom is -0.492 e. The van der Waals surface area contributed by atoms with Crippen molar-refractivity contribution < 1.29 is 9.53 Å². The van der Waals surface area contributed by atoms with Crippen LogP contribution in [0.5, 0.6) is 5.75 Å². The quantitative estimate of drug-likeness (QED) is 0.925. The molecule has 0 saturated heterocycles. The maximum atomic E-state index is 12.1. The molecule has 5 heteroatoms. The van der Waals surface area contributed by atoms with Crippen molar-refractivity contribution in [2.24, 2.45) is 0 Å². The van der Waals surface area contributed by atoms with Gasteiger partial charge in [-0.3, -0.25) is 4.79 Å². The Labute approximate surface area is 126 Å². The summed E-state index contributed by atoms with van der Waals surface area (Å²) in [6, 6.07) is 9.09. The van der Waals surface area contributed by atoms with Gasteiger partial charge in [0.05, 0.1) is 12.3 Å². The van der Waals surface area contributed by atoms with Gasteiger partial charge in [-0.1, -0.05) is 6.07 Å². The first-order valence-corrected chi connectivity index (χ1v) is 7.06. The number of ether oxygens (including phenoxy) is 1. The van der Waals surface area contributed by atoms with E-state index in [9.17, 15) is 4.79 Å². The molecular formula is C15H15BrN2O2. The fraction of sp³-hybridized carbons (Fsp3) is 0.200. The highest BCUT2D eigenvalue weighted by Crippen LogP contribution is 2.26. The lowest BCUT2D eigenvalue weighted by atomic mass is 10.2. The van der Waals surface area contributed by atoms with Crippen LogP contribution in [-0.4, -0.2) is 17.5 Å². The summed E-state index contributed by atoms with van der Waals surface area (Å²) in [4.78, 5) is 16.2. The first-order valence-electron chi connectivity index (χ1n) is 6.26. The summed E-state index contributed by atoms with van der Waals surface area (Å²) in [6.45, 7) is 4.43. The smallest absolute Gasteiger partial charge is 0.274 e. The van der Waals surface area contributed by atoms with Crippen molar-refractivity contribution in [3.63, 3.8) is 0 Å². The van der Waals surface area contributed by atoms with Crippen molar-refractivity contribution in [2.45, 2.75) is 13.8 Å². The Kier molecular flexibility index (Phi) is 4.74. The molecule has 1 aromatic carbocycles. The molecule has 104 valence electrons. The molecule has 2 aromatic rings. The normalized spacial score (nSPS) is 10.2. The van der Waals surface area contributed by atoms with E-state index in [0.29, 0.717) is 23.7 Å². The van der Waals surface area contributed by atoms with Crippen LogP contribution < -0.4 is 10.1 Å². The van der Waals surface area contributed by atoms with Crippen molar-refractivity contribution in [1.82, 2.24) is 4.98 Å². The largest absolute Gasteiger partial charge is 0.492 e. The Morgan fingerprint density at radius 1 is 1.35 bits per heavy atom. The first-order chi connectivity index (χ1) is 9.60. The number of pyridine rings is 1. The molecule has 2 rings (SSSR count). The zero-order chi connectivity index (χ0) is 14.5. The molecule has 0 aliphatic carbocycles. The van der Waals surface area contributed by atoms with Gasteiger partial charge >= 0.3 is 0 Å². The number of nitrogens with zero attached hydrogens (tertiary/aromatic N) is 1. The second-order valence-corrected chi connectivity index (χ2v) is 5.16. The zero-order valence-electron chi connectivity index (χ0n) is 11.3. The van der Waals surface area contributed by atoms with Crippen LogP contribution >= 0.6 is 15.9 Å². The standard InChI is InChI=1S/C15H15BrN2O2/c1-3-20-14-8-10(2)4-6-12(14)18-15(19)13-7-5-11(16)9-17-13/h4-9H,3H2,1-2H3,(H,18,19). The number of hydrogen-bond acceptors (Lipinski definition) is 3. The van der Waals surface area contributed by atoms with Crippen LogP contribution in [0.2, 0.25) is 0 Å². The van der Waals surface area contributed by atoms with Crippen LogP contribution in [0.1, 0.15) is 23.0 Å². The number of nitrogens with one attached hydrogen (secondary N) is 1. The highest BCUT2D eigenvalue weighted by atomic mass is 79.9. The lowest BCUT2D eigenvalue weighted by Crippen LogP contribution is -2.14. The number of amides is 1. The van der Waals surface area contributed by atoms with Crippen molar-refractivity contribution in [2.75, 3.05) is 11.9 Å². The van der Waals surface area contributed by atoms with E-state index in [1.54, 1.807) is 18.3 Å². The third-order valence-corrected chi connectivity index (χ3v) is 3.11. The lowest BCUT2D eigenvalue weighted by Gasteiger charge is -2.12. The number of aromatic nitrogens is 1. The van der Waals surface area contributed by atoms with Crippen LogP contribution in [0.3, 0.4) is 0 Å². The molecule has 20 heavy (non-hydrogen) atoms. The van der Waals surface area contributed by atoms with Crippen molar-refractivity contribution >= 4 is 27.5 Å². The van der Waals surface area contributed by atoms with Crippen LogP contribution in [0.25, 0.3) is 0 Å². The van der Waals surface area contributed by atoms with Crippen molar-refractivity contribution in [1.29, 1.82) is 0 Å². The highest BCUT2D eigenvalue weighted by Gasteiger charge is 2.11. The van der Waals surface area contributed by atoms with Gasteiger partial charge < -0.3 is 10.1 Å². The third kappa shape index (κ3) is 3.57. The Bertz CT molecular complexity index is 612. The average Bonchev–Trinajstić information content (AvgIpc) is 2.43. The summed E-state index contributed by atoms with van der Waals surface area (Å²) in [5, 5.41) is 2.82. The molecule has 1 N–H and O–H groups in total. The lowest BCUT2D eigenvalue weighted by molar-refractivity contribution is 0.102. The Hall–Kier alpha value is -1.88. The molecule has 1 heterocycles. The molecule has 0 bridgehead atoms. The zero-order valence-corrected chi connectivity index (χ0v) is 12.9. The van der Waals surface area contributed by atoms with E-state index in [-0.39, 0.29) is 5.91 Å². The van der Waals surface area contributed by atoms with E-state index in [0.717, 1.165) is 10.0 Å². The van der Waals surface area contributed by atoms with Crippen molar-refractivity contribution in [3.8, 4) is 5.75 Å². The molecule has 4 nitrogen and oxygen atoms in total. The number of aryl methyl sites for hydroxylation is 1. The van der Waals surface area contributed by atoms with Crippen molar-refractivity contribution in [3.05, 3.63) is 52.3 Å². The monoisotopic (exact) mass is 334 g/mol. The summed E-state index contributed by atoms with van der Waals surface area (Å²) in [6.07, 6.45) is 1.59. The number of carbonyl (C=O) groups is 1. The predicted molar refractivity (Wildman–Crippen MR) is 82.2 cm³/mol. The molecule has 0 radical (unpaired) electrons. The second-order valence-electron chi connectivity index (χ2n) is 4.25.